The fraction of sp³-hybridized carbons (Fsp3) is 0. The Bertz CT molecular complexity index is 1020. The molecule has 130 valence electrons. The van der Waals surface area contributed by atoms with E-state index in [1.807, 2.05) is 12.1 Å². The first-order valence-corrected chi connectivity index (χ1v) is 8.37. The van der Waals surface area contributed by atoms with Crippen LogP contribution in [-0.4, -0.2) is 22.1 Å². The van der Waals surface area contributed by atoms with Crippen molar-refractivity contribution in [2.75, 3.05) is 5.32 Å². The highest BCUT2D eigenvalue weighted by Crippen LogP contribution is 2.25. The molecule has 7 heteroatoms. The number of carboxylic acid groups (broad SMARTS) is 1. The summed E-state index contributed by atoms with van der Waals surface area (Å²) in [7, 11) is 0. The zero-order valence-corrected chi connectivity index (χ0v) is 14.9. The van der Waals surface area contributed by atoms with Gasteiger partial charge in [0.1, 0.15) is 0 Å². The summed E-state index contributed by atoms with van der Waals surface area (Å²) in [5.74, 6) is -1.38. The predicted molar refractivity (Wildman–Crippen MR) is 106 cm³/mol. The Kier molecular flexibility index (Phi) is 5.16. The molecule has 0 atom stereocenters. The van der Waals surface area contributed by atoms with Crippen LogP contribution in [0.5, 0.6) is 0 Å². The van der Waals surface area contributed by atoms with Crippen LogP contribution in [-0.2, 0) is 0 Å². The van der Waals surface area contributed by atoms with Gasteiger partial charge in [0.15, 0.2) is 5.11 Å². The molecule has 3 aromatic rings. The van der Waals surface area contributed by atoms with E-state index < -0.39 is 5.97 Å². The number of nitrogens with one attached hydrogen (secondary N) is 2. The molecule has 3 aromatic carbocycles. The molecule has 0 heterocycles. The number of carbonyl (C=O) groups is 2. The highest BCUT2D eigenvalue weighted by Gasteiger charge is 2.13. The number of amides is 1. The van der Waals surface area contributed by atoms with Crippen molar-refractivity contribution < 1.29 is 14.7 Å². The monoisotopic (exact) mass is 384 g/mol. The van der Waals surface area contributed by atoms with E-state index in [1.54, 1.807) is 36.4 Å². The van der Waals surface area contributed by atoms with Gasteiger partial charge in [0.2, 0.25) is 0 Å². The number of thiocarbonyl (C=S) groups is 1. The van der Waals surface area contributed by atoms with E-state index in [-0.39, 0.29) is 16.6 Å². The van der Waals surface area contributed by atoms with Gasteiger partial charge in [-0.25, -0.2) is 4.79 Å². The van der Waals surface area contributed by atoms with E-state index >= 15 is 0 Å². The molecule has 0 saturated carbocycles. The third-order valence-corrected chi connectivity index (χ3v) is 4.26. The molecule has 3 N–H and O–H groups in total. The minimum absolute atomic E-state index is 0.108. The number of aromatic carboxylic acids is 1. The molecule has 1 amide bonds. The second-order valence-corrected chi connectivity index (χ2v) is 6.25. The van der Waals surface area contributed by atoms with E-state index in [1.165, 1.54) is 12.1 Å². The SMILES string of the molecule is O=C(O)c1ccc(NC(=S)NC(=O)c2cccc3c(Cl)cccc23)cc1. The highest BCUT2D eigenvalue weighted by molar-refractivity contribution is 7.80. The van der Waals surface area contributed by atoms with Crippen molar-refractivity contribution in [2.24, 2.45) is 0 Å². The number of benzene rings is 3. The van der Waals surface area contributed by atoms with Gasteiger partial charge in [-0.2, -0.15) is 0 Å². The summed E-state index contributed by atoms with van der Waals surface area (Å²) >= 11 is 11.3. The lowest BCUT2D eigenvalue weighted by atomic mass is 10.0. The fourth-order valence-electron chi connectivity index (χ4n) is 2.50. The normalized spacial score (nSPS) is 10.3. The van der Waals surface area contributed by atoms with Crippen molar-refractivity contribution in [3.05, 3.63) is 76.8 Å². The molecule has 0 saturated heterocycles. The van der Waals surface area contributed by atoms with Crippen LogP contribution in [0, 0.1) is 0 Å². The van der Waals surface area contributed by atoms with Gasteiger partial charge in [0.25, 0.3) is 5.91 Å². The molecule has 0 aliphatic carbocycles. The van der Waals surface area contributed by atoms with Crippen molar-refractivity contribution in [2.45, 2.75) is 0 Å². The highest BCUT2D eigenvalue weighted by atomic mass is 35.5. The molecule has 3 rings (SSSR count). The summed E-state index contributed by atoms with van der Waals surface area (Å²) in [5.41, 5.74) is 1.19. The van der Waals surface area contributed by atoms with Crippen LogP contribution in [0.15, 0.2) is 60.7 Å². The van der Waals surface area contributed by atoms with Crippen LogP contribution in [0.4, 0.5) is 5.69 Å². The van der Waals surface area contributed by atoms with Crippen molar-refractivity contribution in [3.63, 3.8) is 0 Å². The first-order valence-electron chi connectivity index (χ1n) is 7.58. The molecule has 0 unspecified atom stereocenters. The van der Waals surface area contributed by atoms with Crippen LogP contribution in [0.3, 0.4) is 0 Å². The van der Waals surface area contributed by atoms with E-state index in [2.05, 4.69) is 10.6 Å². The maximum Gasteiger partial charge on any atom is 0.335 e. The molecule has 0 fully saturated rings. The average Bonchev–Trinajstić information content (AvgIpc) is 2.62. The summed E-state index contributed by atoms with van der Waals surface area (Å²) in [4.78, 5) is 23.4. The predicted octanol–water partition coefficient (Wildman–Crippen LogP) is 4.32. The number of halogens is 1. The summed E-state index contributed by atoms with van der Waals surface area (Å²) in [6, 6.07) is 16.7. The van der Waals surface area contributed by atoms with Crippen LogP contribution < -0.4 is 10.6 Å². The van der Waals surface area contributed by atoms with Gasteiger partial charge in [-0.15, -0.1) is 0 Å². The number of carboxylic acids is 1. The molecule has 0 bridgehead atoms. The van der Waals surface area contributed by atoms with Crippen molar-refractivity contribution in [3.8, 4) is 0 Å². The summed E-state index contributed by atoms with van der Waals surface area (Å²) in [5, 5.41) is 16.5. The second-order valence-electron chi connectivity index (χ2n) is 5.43. The van der Waals surface area contributed by atoms with Gasteiger partial charge in [0.05, 0.1) is 5.56 Å². The number of hydrogen-bond donors (Lipinski definition) is 3. The van der Waals surface area contributed by atoms with E-state index in [9.17, 15) is 9.59 Å². The Balaban J connectivity index is 1.75. The number of rotatable bonds is 3. The largest absolute Gasteiger partial charge is 0.478 e. The molecule has 0 aromatic heterocycles. The third-order valence-electron chi connectivity index (χ3n) is 3.73. The number of anilines is 1. The smallest absolute Gasteiger partial charge is 0.335 e. The molecule has 0 aliphatic rings. The molecule has 0 spiro atoms. The van der Waals surface area contributed by atoms with Crippen molar-refractivity contribution in [1.82, 2.24) is 5.32 Å². The average molecular weight is 385 g/mol. The molecular formula is C19H13ClN2O3S. The van der Waals surface area contributed by atoms with Gasteiger partial charge >= 0.3 is 5.97 Å². The van der Waals surface area contributed by atoms with Crippen molar-refractivity contribution in [1.29, 1.82) is 0 Å². The van der Waals surface area contributed by atoms with Gasteiger partial charge in [0, 0.05) is 21.7 Å². The van der Waals surface area contributed by atoms with Crippen LogP contribution in [0.1, 0.15) is 20.7 Å². The Morgan fingerprint density at radius 1 is 0.923 bits per heavy atom. The summed E-state index contributed by atoms with van der Waals surface area (Å²) in [6.45, 7) is 0. The summed E-state index contributed by atoms with van der Waals surface area (Å²) in [6.07, 6.45) is 0. The van der Waals surface area contributed by atoms with E-state index in [0.29, 0.717) is 16.3 Å². The maximum atomic E-state index is 12.6. The van der Waals surface area contributed by atoms with E-state index in [0.717, 1.165) is 10.8 Å². The molecular weight excluding hydrogens is 372 g/mol. The Labute approximate surface area is 159 Å². The summed E-state index contributed by atoms with van der Waals surface area (Å²) < 4.78 is 0. The zero-order chi connectivity index (χ0) is 18.7. The standard InChI is InChI=1S/C19H13ClN2O3S/c20-16-6-2-3-13-14(16)4-1-5-15(13)17(23)22-19(26)21-12-9-7-11(8-10-12)18(24)25/h1-10H,(H,24,25)(H2,21,22,23,26). The zero-order valence-electron chi connectivity index (χ0n) is 13.3. The Hall–Kier alpha value is -2.96. The third kappa shape index (κ3) is 3.82. The maximum absolute atomic E-state index is 12.6. The van der Waals surface area contributed by atoms with Gasteiger partial charge in [-0.05, 0) is 54.0 Å². The molecule has 5 nitrogen and oxygen atoms in total. The number of hydrogen-bond acceptors (Lipinski definition) is 3. The van der Waals surface area contributed by atoms with Crippen LogP contribution >= 0.6 is 23.8 Å². The Morgan fingerprint density at radius 2 is 1.58 bits per heavy atom. The van der Waals surface area contributed by atoms with Gasteiger partial charge in [-0.3, -0.25) is 10.1 Å². The lowest BCUT2D eigenvalue weighted by Gasteiger charge is -2.11. The Morgan fingerprint density at radius 3 is 2.27 bits per heavy atom. The quantitative estimate of drug-likeness (QED) is 0.586. The molecule has 26 heavy (non-hydrogen) atoms. The minimum Gasteiger partial charge on any atom is -0.478 e. The van der Waals surface area contributed by atoms with Crippen molar-refractivity contribution >= 4 is 57.3 Å². The van der Waals surface area contributed by atoms with Gasteiger partial charge in [-0.1, -0.05) is 35.9 Å². The lowest BCUT2D eigenvalue weighted by molar-refractivity contribution is 0.0696. The number of fused-ring (bicyclic) bond motifs is 1. The van der Waals surface area contributed by atoms with Crippen LogP contribution in [0.2, 0.25) is 5.02 Å². The molecule has 0 radical (unpaired) electrons. The minimum atomic E-state index is -1.01. The van der Waals surface area contributed by atoms with E-state index in [4.69, 9.17) is 28.9 Å². The molecule has 0 aliphatic heterocycles. The second kappa shape index (κ2) is 7.51. The fourth-order valence-corrected chi connectivity index (χ4v) is 2.95. The first-order chi connectivity index (χ1) is 12.5. The van der Waals surface area contributed by atoms with Gasteiger partial charge < -0.3 is 10.4 Å². The first kappa shape index (κ1) is 17.8. The van der Waals surface area contributed by atoms with Crippen LogP contribution in [0.25, 0.3) is 10.8 Å². The number of carbonyl (C=O) groups excluding carboxylic acids is 1. The topological polar surface area (TPSA) is 78.4 Å². The lowest BCUT2D eigenvalue weighted by Crippen LogP contribution is -2.34.